The van der Waals surface area contributed by atoms with Crippen LogP contribution in [0.3, 0.4) is 0 Å². The fraction of sp³-hybridized carbons (Fsp3) is 0.217. The number of hydrogen-bond acceptors (Lipinski definition) is 5. The number of ether oxygens (including phenoxy) is 2. The molecule has 0 spiro atoms. The lowest BCUT2D eigenvalue weighted by atomic mass is 10.0. The Morgan fingerprint density at radius 3 is 2.59 bits per heavy atom. The third-order valence-corrected chi connectivity index (χ3v) is 4.55. The molecule has 2 aromatic rings. The maximum absolute atomic E-state index is 11.9. The maximum atomic E-state index is 11.9. The molecule has 0 amide bonds. The van der Waals surface area contributed by atoms with Gasteiger partial charge in [0.2, 0.25) is 0 Å². The molecule has 0 unspecified atom stereocenters. The summed E-state index contributed by atoms with van der Waals surface area (Å²) in [6.45, 7) is 8.33. The first-order chi connectivity index (χ1) is 14.0. The Bertz CT molecular complexity index is 977. The van der Waals surface area contributed by atoms with Gasteiger partial charge in [-0.1, -0.05) is 35.0 Å². The number of carbonyl (C=O) groups is 1. The lowest BCUT2D eigenvalue weighted by Crippen LogP contribution is -2.04. The van der Waals surface area contributed by atoms with Crippen LogP contribution in [0.1, 0.15) is 30.5 Å². The second kappa shape index (κ2) is 9.43. The molecule has 3 rings (SSSR count). The van der Waals surface area contributed by atoms with Gasteiger partial charge in [0.15, 0.2) is 11.5 Å². The molecule has 0 atom stereocenters. The maximum Gasteiger partial charge on any atom is 0.367 e. The lowest BCUT2D eigenvalue weighted by Gasteiger charge is -2.17. The van der Waals surface area contributed by atoms with Crippen molar-refractivity contribution in [3.63, 3.8) is 0 Å². The number of rotatable bonds is 8. The van der Waals surface area contributed by atoms with Crippen molar-refractivity contribution >= 4 is 29.4 Å². The molecule has 0 saturated carbocycles. The van der Waals surface area contributed by atoms with Crippen LogP contribution in [0.25, 0.3) is 6.08 Å². The number of halogens is 1. The summed E-state index contributed by atoms with van der Waals surface area (Å²) in [6.07, 6.45) is 4.13. The van der Waals surface area contributed by atoms with Crippen LogP contribution in [-0.2, 0) is 22.7 Å². The van der Waals surface area contributed by atoms with Crippen molar-refractivity contribution in [1.29, 1.82) is 0 Å². The first kappa shape index (κ1) is 20.7. The van der Waals surface area contributed by atoms with Crippen molar-refractivity contribution < 1.29 is 19.1 Å². The highest BCUT2D eigenvalue weighted by atomic mass is 35.5. The summed E-state index contributed by atoms with van der Waals surface area (Å²) >= 11 is 5.95. The predicted molar refractivity (Wildman–Crippen MR) is 114 cm³/mol. The Morgan fingerprint density at radius 1 is 1.21 bits per heavy atom. The fourth-order valence-corrected chi connectivity index (χ4v) is 3.05. The number of carbonyl (C=O) groups excluding carboxylic acids is 1. The molecule has 5 nitrogen and oxygen atoms in total. The Balaban J connectivity index is 1.96. The van der Waals surface area contributed by atoms with Crippen molar-refractivity contribution in [2.24, 2.45) is 5.16 Å². The van der Waals surface area contributed by atoms with Crippen molar-refractivity contribution in [1.82, 2.24) is 0 Å². The summed E-state index contributed by atoms with van der Waals surface area (Å²) in [7, 11) is 0. The van der Waals surface area contributed by atoms with Gasteiger partial charge in [0.05, 0.1) is 17.9 Å². The minimum atomic E-state index is -0.464. The molecule has 0 N–H and O–H groups in total. The molecule has 0 fully saturated rings. The average molecular weight is 412 g/mol. The van der Waals surface area contributed by atoms with E-state index in [9.17, 15) is 4.79 Å². The van der Waals surface area contributed by atoms with E-state index in [1.54, 1.807) is 19.1 Å². The quantitative estimate of drug-likeness (QED) is 0.333. The number of allylic oxidation sites excluding steroid dienone is 1. The van der Waals surface area contributed by atoms with Gasteiger partial charge in [0.1, 0.15) is 6.61 Å². The summed E-state index contributed by atoms with van der Waals surface area (Å²) < 4.78 is 11.9. The minimum Gasteiger partial charge on any atom is -0.490 e. The van der Waals surface area contributed by atoms with Gasteiger partial charge in [0, 0.05) is 10.6 Å². The second-order valence-corrected chi connectivity index (χ2v) is 6.90. The lowest BCUT2D eigenvalue weighted by molar-refractivity contribution is -0.136. The van der Waals surface area contributed by atoms with E-state index in [0.29, 0.717) is 47.4 Å². The Kier molecular flexibility index (Phi) is 6.73. The van der Waals surface area contributed by atoms with Gasteiger partial charge in [-0.15, -0.1) is 6.58 Å². The SMILES string of the molecule is C=CCc1cc(/C=C2\C(=O)ON=C2C)cc(OCC)c1OCc1ccc(Cl)cc1. The van der Waals surface area contributed by atoms with Crippen LogP contribution in [0.2, 0.25) is 5.02 Å². The highest BCUT2D eigenvalue weighted by Gasteiger charge is 2.22. The van der Waals surface area contributed by atoms with Crippen molar-refractivity contribution in [3.8, 4) is 11.5 Å². The van der Waals surface area contributed by atoms with Gasteiger partial charge in [-0.05, 0) is 61.7 Å². The predicted octanol–water partition coefficient (Wildman–Crippen LogP) is 5.36. The van der Waals surface area contributed by atoms with Crippen molar-refractivity contribution in [2.45, 2.75) is 26.9 Å². The number of oxime groups is 1. The largest absolute Gasteiger partial charge is 0.490 e. The van der Waals surface area contributed by atoms with Crippen LogP contribution >= 0.6 is 11.6 Å². The highest BCUT2D eigenvalue weighted by Crippen LogP contribution is 2.35. The molecule has 150 valence electrons. The van der Waals surface area contributed by atoms with E-state index in [0.717, 1.165) is 16.7 Å². The highest BCUT2D eigenvalue weighted by molar-refractivity contribution is 6.30. The van der Waals surface area contributed by atoms with Crippen LogP contribution in [0.4, 0.5) is 0 Å². The van der Waals surface area contributed by atoms with Crippen molar-refractivity contribution in [3.05, 3.63) is 76.3 Å². The summed E-state index contributed by atoms with van der Waals surface area (Å²) in [5.41, 5.74) is 3.67. The Labute approximate surface area is 175 Å². The Hall–Kier alpha value is -3.05. The second-order valence-electron chi connectivity index (χ2n) is 6.46. The van der Waals surface area contributed by atoms with E-state index in [-0.39, 0.29) is 0 Å². The van der Waals surface area contributed by atoms with E-state index in [4.69, 9.17) is 25.9 Å². The monoisotopic (exact) mass is 411 g/mol. The molecular weight excluding hydrogens is 390 g/mol. The van der Waals surface area contributed by atoms with Crippen LogP contribution < -0.4 is 9.47 Å². The third-order valence-electron chi connectivity index (χ3n) is 4.30. The van der Waals surface area contributed by atoms with Gasteiger partial charge in [0.25, 0.3) is 0 Å². The van der Waals surface area contributed by atoms with E-state index < -0.39 is 5.97 Å². The molecule has 1 heterocycles. The summed E-state index contributed by atoms with van der Waals surface area (Å²) in [5, 5.41) is 4.39. The molecule has 0 radical (unpaired) electrons. The molecule has 0 aromatic heterocycles. The van der Waals surface area contributed by atoms with Gasteiger partial charge in [-0.3, -0.25) is 0 Å². The molecule has 6 heteroatoms. The van der Waals surface area contributed by atoms with E-state index >= 15 is 0 Å². The number of nitrogens with zero attached hydrogens (tertiary/aromatic N) is 1. The van der Waals surface area contributed by atoms with Crippen LogP contribution in [-0.4, -0.2) is 18.3 Å². The average Bonchev–Trinajstić information content (AvgIpc) is 3.01. The summed E-state index contributed by atoms with van der Waals surface area (Å²) in [6, 6.07) is 11.3. The topological polar surface area (TPSA) is 57.1 Å². The molecular formula is C23H22ClNO4. The smallest absolute Gasteiger partial charge is 0.367 e. The third kappa shape index (κ3) is 5.06. The summed E-state index contributed by atoms with van der Waals surface area (Å²) in [4.78, 5) is 16.6. The molecule has 0 aliphatic carbocycles. The summed E-state index contributed by atoms with van der Waals surface area (Å²) in [5.74, 6) is 0.797. The van der Waals surface area contributed by atoms with Gasteiger partial charge < -0.3 is 14.3 Å². The number of benzene rings is 2. The normalized spacial score (nSPS) is 14.5. The van der Waals surface area contributed by atoms with E-state index in [1.165, 1.54) is 0 Å². The zero-order valence-electron chi connectivity index (χ0n) is 16.4. The molecule has 1 aliphatic rings. The standard InChI is InChI=1S/C23H22ClNO4/c1-4-6-18-11-17(12-20-15(3)25-29-23(20)26)13-21(27-5-2)22(18)28-14-16-7-9-19(24)10-8-16/h4,7-13H,1,5-6,14H2,2-3H3/b20-12-. The van der Waals surface area contributed by atoms with E-state index in [2.05, 4.69) is 11.7 Å². The molecule has 0 saturated heterocycles. The van der Waals surface area contributed by atoms with E-state index in [1.807, 2.05) is 43.3 Å². The van der Waals surface area contributed by atoms with Crippen LogP contribution in [0, 0.1) is 0 Å². The number of hydrogen-bond donors (Lipinski definition) is 0. The first-order valence-corrected chi connectivity index (χ1v) is 9.65. The van der Waals surface area contributed by atoms with Gasteiger partial charge in [-0.25, -0.2) is 4.79 Å². The fourth-order valence-electron chi connectivity index (χ4n) is 2.92. The molecule has 29 heavy (non-hydrogen) atoms. The van der Waals surface area contributed by atoms with Crippen LogP contribution in [0.15, 0.2) is 59.8 Å². The Morgan fingerprint density at radius 2 is 1.97 bits per heavy atom. The zero-order valence-corrected chi connectivity index (χ0v) is 17.2. The molecule has 2 aromatic carbocycles. The molecule has 1 aliphatic heterocycles. The van der Waals surface area contributed by atoms with Gasteiger partial charge in [-0.2, -0.15) is 0 Å². The first-order valence-electron chi connectivity index (χ1n) is 9.27. The zero-order chi connectivity index (χ0) is 20.8. The van der Waals surface area contributed by atoms with Gasteiger partial charge >= 0.3 is 5.97 Å². The van der Waals surface area contributed by atoms with Crippen LogP contribution in [0.5, 0.6) is 11.5 Å². The van der Waals surface area contributed by atoms with Crippen molar-refractivity contribution in [2.75, 3.05) is 6.61 Å². The minimum absolute atomic E-state index is 0.375. The molecule has 0 bridgehead atoms.